The Morgan fingerprint density at radius 1 is 0.419 bits per heavy atom. The molecule has 0 aromatic rings. The van der Waals surface area contributed by atoms with Gasteiger partial charge in [-0.05, 0) is 70.6 Å². The number of rotatable bonds is 59. The number of carbonyl (C=O) groups excluding carboxylic acids is 2. The quantitative estimate of drug-likeness (QED) is 0.0211. The van der Waals surface area contributed by atoms with Gasteiger partial charge in [-0.3, -0.25) is 18.6 Å². The van der Waals surface area contributed by atoms with Crippen LogP contribution in [-0.4, -0.2) is 74.9 Å². The Morgan fingerprint density at radius 3 is 1.11 bits per heavy atom. The first-order chi connectivity index (χ1) is 36.0. The van der Waals surface area contributed by atoms with Crippen molar-refractivity contribution in [3.05, 3.63) is 36.5 Å². The molecular formula is C64H123NO8P+. The van der Waals surface area contributed by atoms with Crippen molar-refractivity contribution in [2.75, 3.05) is 47.5 Å². The molecular weight excluding hydrogens is 942 g/mol. The first-order valence-electron chi connectivity index (χ1n) is 31.7. The molecule has 436 valence electrons. The van der Waals surface area contributed by atoms with E-state index >= 15 is 0 Å². The van der Waals surface area contributed by atoms with Crippen molar-refractivity contribution in [2.24, 2.45) is 0 Å². The average molecular weight is 1070 g/mol. The van der Waals surface area contributed by atoms with Crippen LogP contribution in [0.15, 0.2) is 36.5 Å². The van der Waals surface area contributed by atoms with Crippen molar-refractivity contribution in [3.63, 3.8) is 0 Å². The van der Waals surface area contributed by atoms with Gasteiger partial charge in [0.2, 0.25) is 0 Å². The highest BCUT2D eigenvalue weighted by atomic mass is 31.2. The molecule has 0 saturated carbocycles. The van der Waals surface area contributed by atoms with E-state index in [2.05, 4.69) is 50.3 Å². The maximum absolute atomic E-state index is 12.8. The second kappa shape index (κ2) is 56.0. The van der Waals surface area contributed by atoms with Gasteiger partial charge in [-0.25, -0.2) is 4.57 Å². The largest absolute Gasteiger partial charge is 0.472 e. The molecule has 0 heterocycles. The predicted molar refractivity (Wildman–Crippen MR) is 317 cm³/mol. The summed E-state index contributed by atoms with van der Waals surface area (Å²) in [6.45, 7) is 4.45. The molecule has 9 nitrogen and oxygen atoms in total. The van der Waals surface area contributed by atoms with Gasteiger partial charge >= 0.3 is 19.8 Å². The second-order valence-electron chi connectivity index (χ2n) is 22.8. The van der Waals surface area contributed by atoms with Crippen molar-refractivity contribution in [2.45, 2.75) is 315 Å². The van der Waals surface area contributed by atoms with Crippen LogP contribution in [0.5, 0.6) is 0 Å². The van der Waals surface area contributed by atoms with Crippen LogP contribution in [0.1, 0.15) is 309 Å². The molecule has 0 saturated heterocycles. The van der Waals surface area contributed by atoms with Crippen LogP contribution >= 0.6 is 7.82 Å². The van der Waals surface area contributed by atoms with Crippen LogP contribution in [-0.2, 0) is 32.7 Å². The lowest BCUT2D eigenvalue weighted by molar-refractivity contribution is -0.870. The van der Waals surface area contributed by atoms with Gasteiger partial charge in [0, 0.05) is 12.8 Å². The number of carbonyl (C=O) groups is 2. The van der Waals surface area contributed by atoms with Crippen LogP contribution in [0.25, 0.3) is 0 Å². The molecule has 0 spiro atoms. The third-order valence-corrected chi connectivity index (χ3v) is 15.1. The topological polar surface area (TPSA) is 108 Å². The average Bonchev–Trinajstić information content (AvgIpc) is 3.36. The number of quaternary nitrogens is 1. The van der Waals surface area contributed by atoms with Crippen LogP contribution in [0.4, 0.5) is 0 Å². The molecule has 0 aromatic carbocycles. The molecule has 0 bridgehead atoms. The summed E-state index contributed by atoms with van der Waals surface area (Å²) in [5.41, 5.74) is 0. The first kappa shape index (κ1) is 72.2. The lowest BCUT2D eigenvalue weighted by Crippen LogP contribution is -2.37. The Balaban J connectivity index is 4.02. The van der Waals surface area contributed by atoms with Gasteiger partial charge in [-0.2, -0.15) is 0 Å². The zero-order chi connectivity index (χ0) is 54.2. The molecule has 0 aliphatic heterocycles. The molecule has 10 heteroatoms. The van der Waals surface area contributed by atoms with Crippen molar-refractivity contribution < 1.29 is 42.1 Å². The minimum Gasteiger partial charge on any atom is -0.462 e. The van der Waals surface area contributed by atoms with E-state index in [1.165, 1.54) is 225 Å². The number of nitrogens with zero attached hydrogens (tertiary/aromatic N) is 1. The van der Waals surface area contributed by atoms with Crippen molar-refractivity contribution in [1.82, 2.24) is 0 Å². The molecule has 74 heavy (non-hydrogen) atoms. The van der Waals surface area contributed by atoms with Gasteiger partial charge < -0.3 is 18.9 Å². The number of phosphoric ester groups is 1. The van der Waals surface area contributed by atoms with Gasteiger partial charge in [0.1, 0.15) is 19.8 Å². The molecule has 2 atom stereocenters. The highest BCUT2D eigenvalue weighted by molar-refractivity contribution is 7.47. The molecule has 0 amide bonds. The molecule has 0 radical (unpaired) electrons. The van der Waals surface area contributed by atoms with E-state index in [1.54, 1.807) is 0 Å². The zero-order valence-corrected chi connectivity index (χ0v) is 50.5. The second-order valence-corrected chi connectivity index (χ2v) is 24.2. The summed E-state index contributed by atoms with van der Waals surface area (Å²) < 4.78 is 34.6. The Labute approximate surface area is 459 Å². The van der Waals surface area contributed by atoms with Gasteiger partial charge in [0.05, 0.1) is 27.7 Å². The number of likely N-dealkylation sites (N-methyl/N-ethyl adjacent to an activating group) is 1. The Hall–Kier alpha value is -1.77. The Kier molecular flexibility index (Phi) is 54.6. The van der Waals surface area contributed by atoms with Crippen LogP contribution in [0.2, 0.25) is 0 Å². The monoisotopic (exact) mass is 1060 g/mol. The summed E-state index contributed by atoms with van der Waals surface area (Å²) in [5, 5.41) is 0. The smallest absolute Gasteiger partial charge is 0.462 e. The summed E-state index contributed by atoms with van der Waals surface area (Å²) in [6.07, 6.45) is 69.5. The van der Waals surface area contributed by atoms with Crippen LogP contribution in [0.3, 0.4) is 0 Å². The number of unbranched alkanes of at least 4 members (excludes halogenated alkanes) is 39. The third kappa shape index (κ3) is 59.5. The molecule has 0 fully saturated rings. The maximum Gasteiger partial charge on any atom is 0.472 e. The molecule has 0 rings (SSSR count). The fraction of sp³-hybridized carbons (Fsp3) is 0.875. The lowest BCUT2D eigenvalue weighted by atomic mass is 10.0. The molecule has 0 aromatic heterocycles. The van der Waals surface area contributed by atoms with Gasteiger partial charge in [0.25, 0.3) is 0 Å². The summed E-state index contributed by atoms with van der Waals surface area (Å²) in [5.74, 6) is -0.788. The van der Waals surface area contributed by atoms with Gasteiger partial charge in [0.15, 0.2) is 6.10 Å². The third-order valence-electron chi connectivity index (χ3n) is 14.1. The molecule has 0 aliphatic rings. The van der Waals surface area contributed by atoms with Crippen LogP contribution < -0.4 is 0 Å². The number of esters is 2. The standard InChI is InChI=1S/C64H122NO8P/c1-6-8-10-12-14-16-18-20-22-24-26-27-28-29-30-31-32-33-34-35-36-37-39-40-42-44-46-48-50-52-54-56-63(66)70-60-62(61-72-74(68,69)71-59-58-65(3,4)5)73-64(67)57-55-53-51-49-47-45-43-41-38-25-23-21-19-17-15-13-11-9-7-2/h15,17,21,23-24,26,62H,6-14,16,18-20,22,25,27-61H2,1-5H3/p+1/b17-15-,23-21-,26-24-. The minimum atomic E-state index is -4.39. The van der Waals surface area contributed by atoms with E-state index in [1.807, 2.05) is 21.1 Å². The maximum atomic E-state index is 12.8. The van der Waals surface area contributed by atoms with E-state index in [9.17, 15) is 19.0 Å². The minimum absolute atomic E-state index is 0.0323. The number of allylic oxidation sites excluding steroid dienone is 6. The SMILES string of the molecule is CCCCC/C=C\C/C=C\CCCCCCCCCCCC(=O)OC(COC(=O)CCCCCCCCCCCCCCCCCCCCC/C=C\CCCCCCCCCC)COP(=O)(O)OCC[N+](C)(C)C. The van der Waals surface area contributed by atoms with E-state index in [0.717, 1.165) is 51.4 Å². The van der Waals surface area contributed by atoms with Gasteiger partial charge in [-0.15, -0.1) is 0 Å². The number of ether oxygens (including phenoxy) is 2. The summed E-state index contributed by atoms with van der Waals surface area (Å²) in [7, 11) is 1.49. The highest BCUT2D eigenvalue weighted by Crippen LogP contribution is 2.43. The van der Waals surface area contributed by atoms with E-state index < -0.39 is 26.5 Å². The van der Waals surface area contributed by atoms with Crippen molar-refractivity contribution in [3.8, 4) is 0 Å². The molecule has 1 N–H and O–H groups in total. The Bertz CT molecular complexity index is 1340. The van der Waals surface area contributed by atoms with E-state index in [-0.39, 0.29) is 25.6 Å². The normalized spacial score (nSPS) is 13.4. The summed E-state index contributed by atoms with van der Waals surface area (Å²) >= 11 is 0. The molecule has 2 unspecified atom stereocenters. The van der Waals surface area contributed by atoms with Crippen molar-refractivity contribution in [1.29, 1.82) is 0 Å². The van der Waals surface area contributed by atoms with Gasteiger partial charge in [-0.1, -0.05) is 262 Å². The summed E-state index contributed by atoms with van der Waals surface area (Å²) in [6, 6.07) is 0. The van der Waals surface area contributed by atoms with E-state index in [0.29, 0.717) is 23.9 Å². The first-order valence-corrected chi connectivity index (χ1v) is 33.2. The fourth-order valence-electron chi connectivity index (χ4n) is 9.22. The highest BCUT2D eigenvalue weighted by Gasteiger charge is 2.27. The van der Waals surface area contributed by atoms with E-state index in [4.69, 9.17) is 18.5 Å². The number of hydrogen-bond donors (Lipinski definition) is 1. The zero-order valence-electron chi connectivity index (χ0n) is 49.6. The summed E-state index contributed by atoms with van der Waals surface area (Å²) in [4.78, 5) is 35.7. The molecule has 0 aliphatic carbocycles. The van der Waals surface area contributed by atoms with Crippen LogP contribution in [0, 0.1) is 0 Å². The predicted octanol–water partition coefficient (Wildman–Crippen LogP) is 19.9. The Morgan fingerprint density at radius 2 is 0.730 bits per heavy atom. The van der Waals surface area contributed by atoms with Crippen molar-refractivity contribution >= 4 is 19.8 Å². The lowest BCUT2D eigenvalue weighted by Gasteiger charge is -2.24. The fourth-order valence-corrected chi connectivity index (χ4v) is 9.96. The number of phosphoric acid groups is 1. The number of hydrogen-bond acceptors (Lipinski definition) is 7.